The van der Waals surface area contributed by atoms with Gasteiger partial charge in [0.05, 0.1) is 18.9 Å². The number of amides is 3. The van der Waals surface area contributed by atoms with Gasteiger partial charge in [-0.25, -0.2) is 4.79 Å². The summed E-state index contributed by atoms with van der Waals surface area (Å²) >= 11 is 0. The van der Waals surface area contributed by atoms with Crippen LogP contribution in [0, 0.1) is 0 Å². The van der Waals surface area contributed by atoms with Gasteiger partial charge in [-0.05, 0) is 6.92 Å². The molecule has 2 aliphatic rings. The summed E-state index contributed by atoms with van der Waals surface area (Å²) in [5.41, 5.74) is 0. The van der Waals surface area contributed by atoms with Gasteiger partial charge in [0, 0.05) is 32.7 Å². The molecule has 3 heterocycles. The molecule has 3 amide bonds. The highest BCUT2D eigenvalue weighted by Gasteiger charge is 2.35. The fraction of sp³-hybridized carbons (Fsp3) is 0.643. The molecular formula is C14H21N5O4. The number of carbonyl (C=O) groups is 2. The third-order valence-corrected chi connectivity index (χ3v) is 4.11. The summed E-state index contributed by atoms with van der Waals surface area (Å²) in [5, 5.41) is 16.7. The molecule has 0 bridgehead atoms. The number of ether oxygens (including phenoxy) is 1. The predicted octanol–water partition coefficient (Wildman–Crippen LogP) is -1.12. The lowest BCUT2D eigenvalue weighted by atomic mass is 10.3. The molecule has 0 aliphatic carbocycles. The summed E-state index contributed by atoms with van der Waals surface area (Å²) < 4.78 is 7.54. The molecule has 0 spiro atoms. The van der Waals surface area contributed by atoms with E-state index in [2.05, 4.69) is 10.4 Å². The number of aryl methyl sites for hydroxylation is 1. The maximum absolute atomic E-state index is 11.5. The zero-order valence-electron chi connectivity index (χ0n) is 13.0. The summed E-state index contributed by atoms with van der Waals surface area (Å²) in [7, 11) is 0. The molecule has 2 fully saturated rings. The Labute approximate surface area is 133 Å². The highest BCUT2D eigenvalue weighted by atomic mass is 16.5. The van der Waals surface area contributed by atoms with E-state index in [1.54, 1.807) is 17.1 Å². The Bertz CT molecular complexity index is 573. The average molecular weight is 323 g/mol. The Morgan fingerprint density at radius 1 is 1.39 bits per heavy atom. The molecule has 2 atom stereocenters. The first-order chi connectivity index (χ1) is 11.1. The maximum Gasteiger partial charge on any atom is 0.324 e. The van der Waals surface area contributed by atoms with Gasteiger partial charge in [0.15, 0.2) is 5.75 Å². The molecule has 2 saturated heterocycles. The molecular weight excluding hydrogens is 302 g/mol. The highest BCUT2D eigenvalue weighted by Crippen LogP contribution is 2.18. The first-order valence-corrected chi connectivity index (χ1v) is 7.74. The van der Waals surface area contributed by atoms with Crippen LogP contribution in [0.25, 0.3) is 0 Å². The summed E-state index contributed by atoms with van der Waals surface area (Å²) in [6, 6.07) is -0.352. The summed E-state index contributed by atoms with van der Waals surface area (Å²) in [5.74, 6) is 0.418. The van der Waals surface area contributed by atoms with E-state index in [0.717, 1.165) is 6.54 Å². The topological polar surface area (TPSA) is 99.9 Å². The van der Waals surface area contributed by atoms with Crippen molar-refractivity contribution in [3.63, 3.8) is 0 Å². The van der Waals surface area contributed by atoms with Crippen molar-refractivity contribution >= 4 is 11.9 Å². The molecule has 3 rings (SSSR count). The van der Waals surface area contributed by atoms with E-state index in [-0.39, 0.29) is 24.6 Å². The van der Waals surface area contributed by atoms with Crippen molar-refractivity contribution in [1.82, 2.24) is 24.9 Å². The van der Waals surface area contributed by atoms with Crippen molar-refractivity contribution in [3.05, 3.63) is 12.4 Å². The molecule has 126 valence electrons. The molecule has 0 aromatic carbocycles. The standard InChI is InChI=1S/C14H21N5O4/c1-2-18-7-10(5-16-18)23-12-9-17(8-11(12)20)3-4-19-13(21)6-15-14(19)22/h5,7,11-12,20H,2-4,6,8-9H2,1H3,(H,15,22)/t11-,12-/m1/s1. The van der Waals surface area contributed by atoms with Crippen LogP contribution in [0.2, 0.25) is 0 Å². The molecule has 23 heavy (non-hydrogen) atoms. The normalized spacial score (nSPS) is 25.2. The van der Waals surface area contributed by atoms with E-state index in [1.165, 1.54) is 4.90 Å². The zero-order chi connectivity index (χ0) is 16.4. The number of carbonyl (C=O) groups excluding carboxylic acids is 2. The summed E-state index contributed by atoms with van der Waals surface area (Å²) in [6.45, 7) is 4.64. The minimum absolute atomic E-state index is 0.0641. The van der Waals surface area contributed by atoms with Gasteiger partial charge in [0.2, 0.25) is 5.91 Å². The van der Waals surface area contributed by atoms with Crippen LogP contribution >= 0.6 is 0 Å². The molecule has 1 aromatic heterocycles. The van der Waals surface area contributed by atoms with Crippen LogP contribution in [-0.2, 0) is 11.3 Å². The fourth-order valence-corrected chi connectivity index (χ4v) is 2.81. The quantitative estimate of drug-likeness (QED) is 0.643. The predicted molar refractivity (Wildman–Crippen MR) is 79.9 cm³/mol. The first kappa shape index (κ1) is 15.8. The second kappa shape index (κ2) is 6.55. The van der Waals surface area contributed by atoms with E-state index in [0.29, 0.717) is 31.9 Å². The molecule has 0 saturated carbocycles. The minimum Gasteiger partial charge on any atom is -0.483 e. The number of nitrogens with one attached hydrogen (secondary N) is 1. The Kier molecular flexibility index (Phi) is 4.49. The van der Waals surface area contributed by atoms with Crippen LogP contribution in [0.3, 0.4) is 0 Å². The van der Waals surface area contributed by atoms with E-state index in [4.69, 9.17) is 4.74 Å². The Morgan fingerprint density at radius 3 is 2.87 bits per heavy atom. The smallest absolute Gasteiger partial charge is 0.324 e. The number of aliphatic hydroxyl groups is 1. The number of hydrogen-bond donors (Lipinski definition) is 2. The van der Waals surface area contributed by atoms with Gasteiger partial charge in [-0.3, -0.25) is 19.3 Å². The zero-order valence-corrected chi connectivity index (χ0v) is 13.0. The Morgan fingerprint density at radius 2 is 2.22 bits per heavy atom. The lowest BCUT2D eigenvalue weighted by Crippen LogP contribution is -2.38. The number of aromatic nitrogens is 2. The van der Waals surface area contributed by atoms with E-state index in [9.17, 15) is 14.7 Å². The van der Waals surface area contributed by atoms with Gasteiger partial charge in [-0.15, -0.1) is 0 Å². The number of imide groups is 1. The number of hydrogen-bond acceptors (Lipinski definition) is 6. The third kappa shape index (κ3) is 3.45. The summed E-state index contributed by atoms with van der Waals surface area (Å²) in [6.07, 6.45) is 2.48. The van der Waals surface area contributed by atoms with E-state index in [1.807, 2.05) is 11.8 Å². The van der Waals surface area contributed by atoms with Crippen molar-refractivity contribution in [2.24, 2.45) is 0 Å². The van der Waals surface area contributed by atoms with Crippen molar-refractivity contribution in [2.45, 2.75) is 25.7 Å². The van der Waals surface area contributed by atoms with Crippen LogP contribution in [0.5, 0.6) is 5.75 Å². The van der Waals surface area contributed by atoms with Gasteiger partial charge in [0.1, 0.15) is 12.2 Å². The fourth-order valence-electron chi connectivity index (χ4n) is 2.81. The number of β-amino-alcohol motifs (C(OH)–C–C–N with tert-alkyl or cyclic N) is 1. The second-order valence-electron chi connectivity index (χ2n) is 5.72. The Balaban J connectivity index is 1.50. The number of nitrogens with zero attached hydrogens (tertiary/aromatic N) is 4. The molecule has 9 nitrogen and oxygen atoms in total. The molecule has 2 aliphatic heterocycles. The van der Waals surface area contributed by atoms with Gasteiger partial charge >= 0.3 is 6.03 Å². The number of rotatable bonds is 6. The third-order valence-electron chi connectivity index (χ3n) is 4.11. The van der Waals surface area contributed by atoms with Gasteiger partial charge < -0.3 is 15.2 Å². The molecule has 0 unspecified atom stereocenters. The van der Waals surface area contributed by atoms with Crippen LogP contribution in [0.1, 0.15) is 6.92 Å². The van der Waals surface area contributed by atoms with Crippen LogP contribution in [0.4, 0.5) is 4.79 Å². The van der Waals surface area contributed by atoms with Gasteiger partial charge in [-0.2, -0.15) is 5.10 Å². The van der Waals surface area contributed by atoms with Crippen LogP contribution in [0.15, 0.2) is 12.4 Å². The van der Waals surface area contributed by atoms with Crippen LogP contribution < -0.4 is 10.1 Å². The maximum atomic E-state index is 11.5. The Hall–Kier alpha value is -2.13. The molecule has 2 N–H and O–H groups in total. The first-order valence-electron chi connectivity index (χ1n) is 7.74. The van der Waals surface area contributed by atoms with Gasteiger partial charge in [-0.1, -0.05) is 0 Å². The lowest BCUT2D eigenvalue weighted by molar-refractivity contribution is -0.125. The van der Waals surface area contributed by atoms with Crippen molar-refractivity contribution in [3.8, 4) is 5.75 Å². The second-order valence-corrected chi connectivity index (χ2v) is 5.72. The minimum atomic E-state index is -0.608. The van der Waals surface area contributed by atoms with E-state index < -0.39 is 6.10 Å². The largest absolute Gasteiger partial charge is 0.483 e. The van der Waals surface area contributed by atoms with Crippen molar-refractivity contribution < 1.29 is 19.4 Å². The number of aliphatic hydroxyl groups excluding tert-OH is 1. The number of urea groups is 1. The van der Waals surface area contributed by atoms with Crippen molar-refractivity contribution in [2.75, 3.05) is 32.7 Å². The summed E-state index contributed by atoms with van der Waals surface area (Å²) in [4.78, 5) is 26.2. The van der Waals surface area contributed by atoms with Crippen molar-refractivity contribution in [1.29, 1.82) is 0 Å². The van der Waals surface area contributed by atoms with Crippen LogP contribution in [-0.4, -0.2) is 81.6 Å². The highest BCUT2D eigenvalue weighted by molar-refractivity contribution is 6.01. The molecule has 0 radical (unpaired) electrons. The molecule has 9 heteroatoms. The lowest BCUT2D eigenvalue weighted by Gasteiger charge is -2.19. The van der Waals surface area contributed by atoms with Gasteiger partial charge in [0.25, 0.3) is 0 Å². The average Bonchev–Trinajstić information content (AvgIpc) is 3.20. The number of likely N-dealkylation sites (tertiary alicyclic amines) is 1. The van der Waals surface area contributed by atoms with E-state index >= 15 is 0 Å². The SMILES string of the molecule is CCn1cc(O[C@@H]2CN(CCN3C(=O)CNC3=O)C[C@H]2O)cn1. The monoisotopic (exact) mass is 323 g/mol. The molecule has 1 aromatic rings.